The Hall–Kier alpha value is -2.39. The predicted molar refractivity (Wildman–Crippen MR) is 149 cm³/mol. The molecule has 9 heteroatoms. The Bertz CT molecular complexity index is 1170. The molecule has 0 fully saturated rings. The third-order valence-corrected chi connectivity index (χ3v) is 7.71. The standard InChI is InChI=1S/C27H38BrN3O4S/c1-19(2)17-29-27(33)22(5)30(18-23-9-7-10-24(28)16-23)26(32)11-8-14-31(36(6,34)35)25-13-12-20(3)21(4)15-25/h7,9-10,12-13,15-16,19,22H,8,11,14,17-18H2,1-6H3,(H,29,33)/t22-/m0/s1. The minimum absolute atomic E-state index is 0.118. The molecule has 0 heterocycles. The van der Waals surface area contributed by atoms with Crippen LogP contribution in [0.15, 0.2) is 46.9 Å². The molecule has 2 rings (SSSR count). The zero-order valence-corrected chi connectivity index (χ0v) is 24.4. The van der Waals surface area contributed by atoms with E-state index in [-0.39, 0.29) is 31.3 Å². The second kappa shape index (κ2) is 13.2. The normalized spacial score (nSPS) is 12.3. The van der Waals surface area contributed by atoms with E-state index in [0.717, 1.165) is 21.2 Å². The van der Waals surface area contributed by atoms with E-state index in [9.17, 15) is 18.0 Å². The highest BCUT2D eigenvalue weighted by Crippen LogP contribution is 2.22. The molecule has 0 saturated heterocycles. The topological polar surface area (TPSA) is 86.8 Å². The minimum Gasteiger partial charge on any atom is -0.354 e. The molecule has 2 aromatic carbocycles. The van der Waals surface area contributed by atoms with Crippen LogP contribution in [0.5, 0.6) is 0 Å². The average molecular weight is 581 g/mol. The molecule has 1 atom stereocenters. The van der Waals surface area contributed by atoms with E-state index < -0.39 is 16.1 Å². The first kappa shape index (κ1) is 29.8. The fourth-order valence-electron chi connectivity index (χ4n) is 3.75. The van der Waals surface area contributed by atoms with Crippen LogP contribution < -0.4 is 9.62 Å². The molecule has 198 valence electrons. The number of rotatable bonds is 12. The van der Waals surface area contributed by atoms with Gasteiger partial charge in [0.2, 0.25) is 21.8 Å². The van der Waals surface area contributed by atoms with Gasteiger partial charge in [-0.2, -0.15) is 0 Å². The summed E-state index contributed by atoms with van der Waals surface area (Å²) in [6.07, 6.45) is 1.62. The molecule has 0 aliphatic heterocycles. The number of benzene rings is 2. The van der Waals surface area contributed by atoms with Gasteiger partial charge in [0.1, 0.15) is 6.04 Å². The van der Waals surface area contributed by atoms with Gasteiger partial charge in [0.05, 0.1) is 11.9 Å². The van der Waals surface area contributed by atoms with Gasteiger partial charge >= 0.3 is 0 Å². The first-order valence-corrected chi connectivity index (χ1v) is 14.8. The van der Waals surface area contributed by atoms with E-state index >= 15 is 0 Å². The number of halogens is 1. The van der Waals surface area contributed by atoms with Crippen LogP contribution in [0.25, 0.3) is 0 Å². The van der Waals surface area contributed by atoms with E-state index in [1.807, 2.05) is 64.1 Å². The Labute approximate surface area is 224 Å². The molecule has 1 N–H and O–H groups in total. The lowest BCUT2D eigenvalue weighted by atomic mass is 10.1. The number of anilines is 1. The van der Waals surface area contributed by atoms with Crippen molar-refractivity contribution >= 4 is 43.5 Å². The quantitative estimate of drug-likeness (QED) is 0.391. The number of aryl methyl sites for hydroxylation is 2. The van der Waals surface area contributed by atoms with Gasteiger partial charge in [-0.1, -0.05) is 48.0 Å². The lowest BCUT2D eigenvalue weighted by molar-refractivity contribution is -0.140. The Kier molecular flexibility index (Phi) is 11.0. The van der Waals surface area contributed by atoms with E-state index in [2.05, 4.69) is 21.2 Å². The first-order chi connectivity index (χ1) is 16.8. The molecular weight excluding hydrogens is 542 g/mol. The lowest BCUT2D eigenvalue weighted by Gasteiger charge is -2.30. The second-order valence-electron chi connectivity index (χ2n) is 9.67. The monoisotopic (exact) mass is 579 g/mol. The lowest BCUT2D eigenvalue weighted by Crippen LogP contribution is -2.48. The summed E-state index contributed by atoms with van der Waals surface area (Å²) < 4.78 is 27.2. The minimum atomic E-state index is -3.53. The third kappa shape index (κ3) is 8.92. The zero-order chi connectivity index (χ0) is 27.0. The van der Waals surface area contributed by atoms with Crippen LogP contribution in [0.1, 0.15) is 50.3 Å². The van der Waals surface area contributed by atoms with Crippen molar-refractivity contribution in [1.29, 1.82) is 0 Å². The van der Waals surface area contributed by atoms with Crippen LogP contribution in [0.3, 0.4) is 0 Å². The molecule has 2 aromatic rings. The van der Waals surface area contributed by atoms with Gasteiger partial charge in [0.15, 0.2) is 0 Å². The third-order valence-electron chi connectivity index (χ3n) is 6.02. The zero-order valence-electron chi connectivity index (χ0n) is 22.0. The summed E-state index contributed by atoms with van der Waals surface area (Å²) in [5.41, 5.74) is 3.56. The number of carbonyl (C=O) groups excluding carboxylic acids is 2. The SMILES string of the molecule is Cc1ccc(N(CCCC(=O)N(Cc2cccc(Br)c2)[C@@H](C)C(=O)NCC(C)C)S(C)(=O)=O)cc1C. The van der Waals surface area contributed by atoms with Gasteiger partial charge in [0, 0.05) is 30.5 Å². The maximum atomic E-state index is 13.3. The molecule has 0 aliphatic carbocycles. The maximum Gasteiger partial charge on any atom is 0.242 e. The van der Waals surface area contributed by atoms with Crippen molar-refractivity contribution in [1.82, 2.24) is 10.2 Å². The van der Waals surface area contributed by atoms with Crippen molar-refractivity contribution in [3.63, 3.8) is 0 Å². The van der Waals surface area contributed by atoms with E-state index in [4.69, 9.17) is 0 Å². The van der Waals surface area contributed by atoms with E-state index in [1.54, 1.807) is 17.9 Å². The average Bonchev–Trinajstić information content (AvgIpc) is 2.79. The van der Waals surface area contributed by atoms with Gasteiger partial charge in [0.25, 0.3) is 0 Å². The molecule has 2 amide bonds. The van der Waals surface area contributed by atoms with Crippen LogP contribution in [-0.4, -0.2) is 50.5 Å². The van der Waals surface area contributed by atoms with Gasteiger partial charge in [-0.3, -0.25) is 13.9 Å². The summed E-state index contributed by atoms with van der Waals surface area (Å²) in [4.78, 5) is 27.7. The van der Waals surface area contributed by atoms with Gasteiger partial charge in [-0.15, -0.1) is 0 Å². The fourth-order valence-corrected chi connectivity index (χ4v) is 5.16. The first-order valence-electron chi connectivity index (χ1n) is 12.2. The number of hydrogen-bond donors (Lipinski definition) is 1. The molecule has 0 bridgehead atoms. The summed E-state index contributed by atoms with van der Waals surface area (Å²) >= 11 is 3.46. The Morgan fingerprint density at radius 2 is 1.72 bits per heavy atom. The van der Waals surface area contributed by atoms with Crippen molar-refractivity contribution < 1.29 is 18.0 Å². The summed E-state index contributed by atoms with van der Waals surface area (Å²) in [6.45, 7) is 10.6. The highest BCUT2D eigenvalue weighted by molar-refractivity contribution is 9.10. The highest BCUT2D eigenvalue weighted by atomic mass is 79.9. The number of sulfonamides is 1. The largest absolute Gasteiger partial charge is 0.354 e. The Morgan fingerprint density at radius 1 is 1.03 bits per heavy atom. The van der Waals surface area contributed by atoms with Crippen LogP contribution in [-0.2, 0) is 26.2 Å². The molecule has 0 aromatic heterocycles. The highest BCUT2D eigenvalue weighted by Gasteiger charge is 2.27. The molecule has 0 saturated carbocycles. The molecule has 36 heavy (non-hydrogen) atoms. The van der Waals surface area contributed by atoms with Crippen molar-refractivity contribution in [2.24, 2.45) is 5.92 Å². The van der Waals surface area contributed by atoms with Crippen LogP contribution in [0.4, 0.5) is 5.69 Å². The van der Waals surface area contributed by atoms with Crippen molar-refractivity contribution in [3.05, 3.63) is 63.6 Å². The van der Waals surface area contributed by atoms with Gasteiger partial charge in [-0.05, 0) is 74.1 Å². The number of hydrogen-bond acceptors (Lipinski definition) is 4. The smallest absolute Gasteiger partial charge is 0.242 e. The summed E-state index contributed by atoms with van der Waals surface area (Å²) in [5.74, 6) is -0.113. The van der Waals surface area contributed by atoms with Crippen molar-refractivity contribution in [2.45, 2.75) is 60.0 Å². The predicted octanol–water partition coefficient (Wildman–Crippen LogP) is 4.80. The number of nitrogens with zero attached hydrogens (tertiary/aromatic N) is 2. The number of amides is 2. The molecular formula is C27H38BrN3O4S. The van der Waals surface area contributed by atoms with Crippen LogP contribution in [0.2, 0.25) is 0 Å². The van der Waals surface area contributed by atoms with E-state index in [1.165, 1.54) is 10.6 Å². The maximum absolute atomic E-state index is 13.3. The molecule has 0 radical (unpaired) electrons. The number of carbonyl (C=O) groups is 2. The second-order valence-corrected chi connectivity index (χ2v) is 12.5. The van der Waals surface area contributed by atoms with E-state index in [0.29, 0.717) is 24.6 Å². The Morgan fingerprint density at radius 3 is 2.31 bits per heavy atom. The number of nitrogens with one attached hydrogen (secondary N) is 1. The summed E-state index contributed by atoms with van der Waals surface area (Å²) in [6, 6.07) is 12.5. The summed E-state index contributed by atoms with van der Waals surface area (Å²) in [7, 11) is -3.53. The van der Waals surface area contributed by atoms with Crippen molar-refractivity contribution in [3.8, 4) is 0 Å². The molecule has 0 aliphatic rings. The fraction of sp³-hybridized carbons (Fsp3) is 0.481. The molecule has 0 unspecified atom stereocenters. The van der Waals surface area contributed by atoms with Gasteiger partial charge < -0.3 is 10.2 Å². The van der Waals surface area contributed by atoms with Crippen LogP contribution in [0, 0.1) is 19.8 Å². The Balaban J connectivity index is 2.18. The van der Waals surface area contributed by atoms with Crippen molar-refractivity contribution in [2.75, 3.05) is 23.7 Å². The summed E-state index contributed by atoms with van der Waals surface area (Å²) in [5, 5.41) is 2.91. The molecule has 7 nitrogen and oxygen atoms in total. The van der Waals surface area contributed by atoms with Crippen LogP contribution >= 0.6 is 15.9 Å². The van der Waals surface area contributed by atoms with Gasteiger partial charge in [-0.25, -0.2) is 8.42 Å². The molecule has 0 spiro atoms.